The highest BCUT2D eigenvalue weighted by atomic mass is 35.5. The molecular weight excluding hydrogens is 366 g/mol. The fourth-order valence-corrected chi connectivity index (χ4v) is 3.51. The zero-order valence-electron chi connectivity index (χ0n) is 15.8. The van der Waals surface area contributed by atoms with Gasteiger partial charge >= 0.3 is 0 Å². The van der Waals surface area contributed by atoms with Crippen molar-refractivity contribution in [2.45, 2.75) is 33.4 Å². The average Bonchev–Trinajstić information content (AvgIpc) is 3.19. The van der Waals surface area contributed by atoms with Gasteiger partial charge in [-0.2, -0.15) is 4.80 Å². The molecule has 0 unspecified atom stereocenters. The second kappa shape index (κ2) is 8.02. The predicted octanol–water partition coefficient (Wildman–Crippen LogP) is 3.50. The predicted molar refractivity (Wildman–Crippen MR) is 103 cm³/mol. The van der Waals surface area contributed by atoms with Gasteiger partial charge in [0.2, 0.25) is 5.82 Å². The molecule has 0 saturated heterocycles. The molecule has 27 heavy (non-hydrogen) atoms. The summed E-state index contributed by atoms with van der Waals surface area (Å²) in [6, 6.07) is 9.25. The van der Waals surface area contributed by atoms with Crippen molar-refractivity contribution in [3.63, 3.8) is 0 Å². The molecule has 142 valence electrons. The minimum absolute atomic E-state index is 0.0243. The highest BCUT2D eigenvalue weighted by Crippen LogP contribution is 2.22. The second-order valence-corrected chi connectivity index (χ2v) is 6.97. The first kappa shape index (κ1) is 19.3. The largest absolute Gasteiger partial charge is 0.383 e. The highest BCUT2D eigenvalue weighted by Gasteiger charge is 2.20. The number of carbonyl (C=O) groups is 1. The number of carbonyl (C=O) groups excluding carboxylic acids is 1. The van der Waals surface area contributed by atoms with Crippen molar-refractivity contribution in [1.29, 1.82) is 0 Å². The molecule has 0 aliphatic carbocycles. The van der Waals surface area contributed by atoms with Gasteiger partial charge in [0.1, 0.15) is 6.54 Å². The Hall–Kier alpha value is -2.51. The molecule has 0 radical (unpaired) electrons. The summed E-state index contributed by atoms with van der Waals surface area (Å²) in [5, 5.41) is 12.9. The number of aryl methyl sites for hydroxylation is 1. The van der Waals surface area contributed by atoms with Crippen LogP contribution in [0.15, 0.2) is 30.3 Å². The van der Waals surface area contributed by atoms with E-state index >= 15 is 0 Å². The summed E-state index contributed by atoms with van der Waals surface area (Å²) in [4.78, 5) is 14.1. The van der Waals surface area contributed by atoms with E-state index in [-0.39, 0.29) is 18.4 Å². The van der Waals surface area contributed by atoms with Crippen LogP contribution in [0.4, 0.5) is 0 Å². The van der Waals surface area contributed by atoms with E-state index in [1.807, 2.05) is 32.0 Å². The van der Waals surface area contributed by atoms with E-state index in [4.69, 9.17) is 16.3 Å². The quantitative estimate of drug-likeness (QED) is 0.580. The zero-order chi connectivity index (χ0) is 19.6. The molecule has 0 aliphatic rings. The number of Topliss-reactive ketones (excluding diaryl/α,β-unsaturated/α-hetero) is 1. The van der Waals surface area contributed by atoms with Crippen LogP contribution in [0.3, 0.4) is 0 Å². The summed E-state index contributed by atoms with van der Waals surface area (Å²) in [6.07, 6.45) is 0. The van der Waals surface area contributed by atoms with Crippen LogP contribution < -0.4 is 0 Å². The number of halogens is 1. The fraction of sp³-hybridized carbons (Fsp3) is 0.368. The third-order valence-corrected chi connectivity index (χ3v) is 4.69. The van der Waals surface area contributed by atoms with Crippen LogP contribution in [-0.2, 0) is 11.3 Å². The van der Waals surface area contributed by atoms with Crippen molar-refractivity contribution in [2.75, 3.05) is 13.7 Å². The van der Waals surface area contributed by atoms with Gasteiger partial charge in [-0.1, -0.05) is 23.7 Å². The molecule has 0 fully saturated rings. The van der Waals surface area contributed by atoms with E-state index in [9.17, 15) is 4.79 Å². The Morgan fingerprint density at radius 2 is 2.07 bits per heavy atom. The molecule has 0 spiro atoms. The van der Waals surface area contributed by atoms with Crippen LogP contribution in [0.5, 0.6) is 0 Å². The summed E-state index contributed by atoms with van der Waals surface area (Å²) in [7, 11) is 1.67. The lowest BCUT2D eigenvalue weighted by molar-refractivity contribution is 0.0960. The lowest BCUT2D eigenvalue weighted by Gasteiger charge is -2.17. The smallest absolute Gasteiger partial charge is 0.204 e. The Bertz CT molecular complexity index is 963. The fourth-order valence-electron chi connectivity index (χ4n) is 3.32. The number of ketones is 1. The van der Waals surface area contributed by atoms with E-state index in [1.54, 1.807) is 19.2 Å². The van der Waals surface area contributed by atoms with Crippen molar-refractivity contribution < 1.29 is 9.53 Å². The lowest BCUT2D eigenvalue weighted by Crippen LogP contribution is -2.16. The molecule has 0 saturated carbocycles. The first-order valence-electron chi connectivity index (χ1n) is 8.65. The maximum atomic E-state index is 12.8. The molecule has 0 N–H and O–H groups in total. The number of nitrogens with zero attached hydrogens (tertiary/aromatic N) is 5. The van der Waals surface area contributed by atoms with E-state index < -0.39 is 0 Å². The Morgan fingerprint density at radius 1 is 1.30 bits per heavy atom. The summed E-state index contributed by atoms with van der Waals surface area (Å²) >= 11 is 6.00. The van der Waals surface area contributed by atoms with Crippen LogP contribution in [0.1, 0.15) is 34.7 Å². The maximum Gasteiger partial charge on any atom is 0.204 e. The van der Waals surface area contributed by atoms with E-state index in [0.29, 0.717) is 23.0 Å². The summed E-state index contributed by atoms with van der Waals surface area (Å²) in [5.74, 6) is 0.374. The van der Waals surface area contributed by atoms with Gasteiger partial charge in [-0.25, -0.2) is 0 Å². The first-order valence-corrected chi connectivity index (χ1v) is 9.02. The third-order valence-electron chi connectivity index (χ3n) is 4.45. The van der Waals surface area contributed by atoms with Crippen LogP contribution in [-0.4, -0.2) is 44.3 Å². The number of aromatic nitrogens is 5. The second-order valence-electron chi connectivity index (χ2n) is 6.54. The molecule has 8 heteroatoms. The van der Waals surface area contributed by atoms with Crippen molar-refractivity contribution in [3.05, 3.63) is 52.3 Å². The molecule has 3 rings (SSSR count). The highest BCUT2D eigenvalue weighted by molar-refractivity contribution is 6.30. The minimum atomic E-state index is -0.0611. The van der Waals surface area contributed by atoms with Gasteiger partial charge in [0.25, 0.3) is 0 Å². The lowest BCUT2D eigenvalue weighted by atomic mass is 10.1. The molecule has 1 atom stereocenters. The molecular formula is C19H22ClN5O2. The third kappa shape index (κ3) is 4.09. The van der Waals surface area contributed by atoms with Crippen LogP contribution in [0.2, 0.25) is 5.02 Å². The molecule has 2 heterocycles. The standard InChI is InChI=1S/C19H22ClN5O2/c1-12-8-17(14(3)25(12)13(2)11-27-4)18(26)10-24-22-19(21-23-24)15-6-5-7-16(20)9-15/h5-9,13H,10-11H2,1-4H3/t13-/m0/s1. The number of hydrogen-bond donors (Lipinski definition) is 0. The normalized spacial score (nSPS) is 12.3. The molecule has 0 aliphatic heterocycles. The number of hydrogen-bond acceptors (Lipinski definition) is 5. The Balaban J connectivity index is 1.80. The van der Waals surface area contributed by atoms with E-state index in [2.05, 4.69) is 26.9 Å². The summed E-state index contributed by atoms with van der Waals surface area (Å²) in [6.45, 7) is 6.60. The molecule has 7 nitrogen and oxygen atoms in total. The molecule has 3 aromatic rings. The Morgan fingerprint density at radius 3 is 2.78 bits per heavy atom. The minimum Gasteiger partial charge on any atom is -0.383 e. The van der Waals surface area contributed by atoms with Gasteiger partial charge in [-0.05, 0) is 44.2 Å². The van der Waals surface area contributed by atoms with Gasteiger partial charge in [0.15, 0.2) is 5.78 Å². The van der Waals surface area contributed by atoms with Crippen LogP contribution >= 0.6 is 11.6 Å². The molecule has 2 aromatic heterocycles. The van der Waals surface area contributed by atoms with E-state index in [1.165, 1.54) is 4.80 Å². The van der Waals surface area contributed by atoms with Gasteiger partial charge in [0, 0.05) is 34.6 Å². The SMILES string of the molecule is COC[C@H](C)n1c(C)cc(C(=O)Cn2nnc(-c3cccc(Cl)c3)n2)c1C. The monoisotopic (exact) mass is 387 g/mol. The van der Waals surface area contributed by atoms with Crippen LogP contribution in [0.25, 0.3) is 11.4 Å². The summed E-state index contributed by atoms with van der Waals surface area (Å²) in [5.41, 5.74) is 3.36. The number of benzene rings is 1. The van der Waals surface area contributed by atoms with E-state index in [0.717, 1.165) is 17.0 Å². The zero-order valence-corrected chi connectivity index (χ0v) is 16.6. The number of tetrazole rings is 1. The van der Waals surface area contributed by atoms with Crippen molar-refractivity contribution in [2.24, 2.45) is 0 Å². The number of rotatable bonds is 7. The number of ether oxygens (including phenoxy) is 1. The number of methoxy groups -OCH3 is 1. The van der Waals surface area contributed by atoms with Gasteiger partial charge < -0.3 is 9.30 Å². The first-order chi connectivity index (χ1) is 12.9. The maximum absolute atomic E-state index is 12.8. The van der Waals surface area contributed by atoms with Gasteiger partial charge in [-0.3, -0.25) is 4.79 Å². The summed E-state index contributed by atoms with van der Waals surface area (Å²) < 4.78 is 7.35. The Labute approximate surface area is 162 Å². The molecule has 0 bridgehead atoms. The molecule has 1 aromatic carbocycles. The molecule has 0 amide bonds. The average molecular weight is 388 g/mol. The Kier molecular flexibility index (Phi) is 5.72. The van der Waals surface area contributed by atoms with Crippen molar-refractivity contribution >= 4 is 17.4 Å². The van der Waals surface area contributed by atoms with Crippen LogP contribution in [0, 0.1) is 13.8 Å². The van der Waals surface area contributed by atoms with Gasteiger partial charge in [0.05, 0.1) is 12.6 Å². The van der Waals surface area contributed by atoms with Gasteiger partial charge in [-0.15, -0.1) is 10.2 Å². The van der Waals surface area contributed by atoms with Crippen molar-refractivity contribution in [3.8, 4) is 11.4 Å². The van der Waals surface area contributed by atoms with Crippen molar-refractivity contribution in [1.82, 2.24) is 24.8 Å². The topological polar surface area (TPSA) is 74.8 Å².